The van der Waals surface area contributed by atoms with E-state index in [1.807, 2.05) is 36.4 Å². The Morgan fingerprint density at radius 3 is 1.72 bits per heavy atom. The van der Waals surface area contributed by atoms with Gasteiger partial charge in [0.05, 0.1) is 9.80 Å². The van der Waals surface area contributed by atoms with Gasteiger partial charge in [0.25, 0.3) is 0 Å². The molecule has 0 aliphatic rings. The number of sulfone groups is 1. The van der Waals surface area contributed by atoms with Gasteiger partial charge in [-0.2, -0.15) is 0 Å². The second-order valence-electron chi connectivity index (χ2n) is 5.33. The molecule has 0 spiro atoms. The smallest absolute Gasteiger partial charge is 0.208 e. The van der Waals surface area contributed by atoms with E-state index in [1.165, 1.54) is 12.1 Å². The first kappa shape index (κ1) is 17.8. The summed E-state index contributed by atoms with van der Waals surface area (Å²) >= 11 is 2.06. The van der Waals surface area contributed by atoms with Gasteiger partial charge in [-0.3, -0.25) is 0 Å². The molecular weight excluding hydrogens is 450 g/mol. The first-order chi connectivity index (χ1) is 12.0. The molecule has 0 fully saturated rings. The molecule has 0 radical (unpaired) electrons. The largest absolute Gasteiger partial charge is 0.218 e. The predicted molar refractivity (Wildman–Crippen MR) is 107 cm³/mol. The standard InChI is InChI=1S/C20H14FIO2S/c21-17-11-13-18(14-12-17)25(23,24)20(16-9-5-2-6-10-16)19(22)15-7-3-1-4-8-15/h1-14H/b20-19+. The zero-order valence-electron chi connectivity index (χ0n) is 13.1. The van der Waals surface area contributed by atoms with E-state index in [2.05, 4.69) is 22.6 Å². The summed E-state index contributed by atoms with van der Waals surface area (Å²) in [4.78, 5) is 0.282. The molecule has 0 amide bonds. The average Bonchev–Trinajstić information content (AvgIpc) is 2.63. The van der Waals surface area contributed by atoms with Crippen LogP contribution in [0.4, 0.5) is 4.39 Å². The van der Waals surface area contributed by atoms with E-state index in [0.717, 1.165) is 17.7 Å². The van der Waals surface area contributed by atoms with Crippen LogP contribution in [-0.4, -0.2) is 8.42 Å². The maximum Gasteiger partial charge on any atom is 0.208 e. The predicted octanol–water partition coefficient (Wildman–Crippen LogP) is 5.56. The van der Waals surface area contributed by atoms with Crippen LogP contribution in [0, 0.1) is 5.82 Å². The van der Waals surface area contributed by atoms with Crippen molar-refractivity contribution in [2.24, 2.45) is 0 Å². The number of hydrogen-bond donors (Lipinski definition) is 0. The van der Waals surface area contributed by atoms with Gasteiger partial charge in [-0.25, -0.2) is 12.8 Å². The summed E-state index contributed by atoms with van der Waals surface area (Å²) in [6.07, 6.45) is 0. The molecule has 25 heavy (non-hydrogen) atoms. The molecule has 126 valence electrons. The Hall–Kier alpha value is -1.99. The van der Waals surface area contributed by atoms with Crippen molar-refractivity contribution in [1.82, 2.24) is 0 Å². The lowest BCUT2D eigenvalue weighted by molar-refractivity contribution is 0.604. The Morgan fingerprint density at radius 1 is 0.720 bits per heavy atom. The van der Waals surface area contributed by atoms with Gasteiger partial charge in [0.2, 0.25) is 9.84 Å². The molecule has 0 aliphatic heterocycles. The van der Waals surface area contributed by atoms with Gasteiger partial charge in [-0.05, 0) is 58.0 Å². The van der Waals surface area contributed by atoms with E-state index in [4.69, 9.17) is 0 Å². The van der Waals surface area contributed by atoms with Crippen LogP contribution in [0.3, 0.4) is 0 Å². The summed E-state index contributed by atoms with van der Waals surface area (Å²) in [6, 6.07) is 23.2. The molecule has 0 atom stereocenters. The van der Waals surface area contributed by atoms with Crippen LogP contribution in [0.5, 0.6) is 0 Å². The number of rotatable bonds is 4. The first-order valence-electron chi connectivity index (χ1n) is 7.51. The van der Waals surface area contributed by atoms with Crippen molar-refractivity contribution in [1.29, 1.82) is 0 Å². The summed E-state index contributed by atoms with van der Waals surface area (Å²) in [5.74, 6) is -0.470. The zero-order valence-corrected chi connectivity index (χ0v) is 16.0. The summed E-state index contributed by atoms with van der Waals surface area (Å²) < 4.78 is 40.4. The van der Waals surface area contributed by atoms with Gasteiger partial charge in [-0.1, -0.05) is 60.7 Å². The van der Waals surface area contributed by atoms with Crippen LogP contribution < -0.4 is 0 Å². The van der Waals surface area contributed by atoms with Crippen molar-refractivity contribution >= 4 is 40.9 Å². The van der Waals surface area contributed by atoms with E-state index < -0.39 is 15.7 Å². The van der Waals surface area contributed by atoms with E-state index in [0.29, 0.717) is 9.14 Å². The third kappa shape index (κ3) is 3.82. The Labute approximate surface area is 160 Å². The molecule has 0 N–H and O–H groups in total. The Bertz CT molecular complexity index is 997. The van der Waals surface area contributed by atoms with Gasteiger partial charge in [0.1, 0.15) is 5.82 Å². The summed E-state index contributed by atoms with van der Waals surface area (Å²) in [5, 5.41) is 0. The van der Waals surface area contributed by atoms with Crippen molar-refractivity contribution in [3.8, 4) is 0 Å². The highest BCUT2D eigenvalue weighted by atomic mass is 127. The van der Waals surface area contributed by atoms with Crippen molar-refractivity contribution in [2.75, 3.05) is 0 Å². The van der Waals surface area contributed by atoms with Gasteiger partial charge >= 0.3 is 0 Å². The van der Waals surface area contributed by atoms with Crippen molar-refractivity contribution in [3.63, 3.8) is 0 Å². The van der Waals surface area contributed by atoms with E-state index in [-0.39, 0.29) is 9.80 Å². The fourth-order valence-corrected chi connectivity index (χ4v) is 5.51. The monoisotopic (exact) mass is 464 g/mol. The average molecular weight is 464 g/mol. The molecule has 5 heteroatoms. The molecule has 0 saturated carbocycles. The Balaban J connectivity index is 2.27. The number of hydrogen-bond acceptors (Lipinski definition) is 2. The minimum Gasteiger partial charge on any atom is -0.218 e. The van der Waals surface area contributed by atoms with Crippen molar-refractivity contribution in [3.05, 3.63) is 102 Å². The molecule has 0 aromatic heterocycles. The molecule has 0 aliphatic carbocycles. The molecule has 2 nitrogen and oxygen atoms in total. The highest BCUT2D eigenvalue weighted by Gasteiger charge is 2.26. The third-order valence-corrected chi connectivity index (χ3v) is 7.05. The number of halogens is 2. The molecule has 3 aromatic carbocycles. The highest BCUT2D eigenvalue weighted by molar-refractivity contribution is 14.1. The Morgan fingerprint density at radius 2 is 1.20 bits per heavy atom. The molecule has 3 aromatic rings. The van der Waals surface area contributed by atoms with E-state index in [9.17, 15) is 12.8 Å². The maximum atomic E-state index is 13.3. The molecule has 0 unspecified atom stereocenters. The lowest BCUT2D eigenvalue weighted by atomic mass is 10.1. The fourth-order valence-electron chi connectivity index (χ4n) is 2.44. The van der Waals surface area contributed by atoms with E-state index in [1.54, 1.807) is 24.3 Å². The molecule has 0 bridgehead atoms. The topological polar surface area (TPSA) is 34.1 Å². The van der Waals surface area contributed by atoms with Crippen LogP contribution in [0.15, 0.2) is 89.8 Å². The molecule has 0 saturated heterocycles. The molecular formula is C20H14FIO2S. The van der Waals surface area contributed by atoms with Crippen molar-refractivity contribution < 1.29 is 12.8 Å². The first-order valence-corrected chi connectivity index (χ1v) is 10.1. The number of benzene rings is 3. The van der Waals surface area contributed by atoms with Crippen molar-refractivity contribution in [2.45, 2.75) is 4.90 Å². The van der Waals surface area contributed by atoms with Crippen LogP contribution in [0.2, 0.25) is 0 Å². The normalized spacial score (nSPS) is 12.6. The minimum atomic E-state index is -3.81. The molecule has 3 rings (SSSR count). The van der Waals surface area contributed by atoms with Gasteiger partial charge in [-0.15, -0.1) is 0 Å². The van der Waals surface area contributed by atoms with Crippen LogP contribution in [-0.2, 0) is 9.84 Å². The van der Waals surface area contributed by atoms with Crippen LogP contribution in [0.1, 0.15) is 11.1 Å². The fraction of sp³-hybridized carbons (Fsp3) is 0. The zero-order chi connectivity index (χ0) is 17.9. The second-order valence-corrected chi connectivity index (χ2v) is 8.30. The van der Waals surface area contributed by atoms with Crippen LogP contribution >= 0.6 is 22.6 Å². The summed E-state index contributed by atoms with van der Waals surface area (Å²) in [6.45, 7) is 0. The van der Waals surface area contributed by atoms with Crippen LogP contribution in [0.25, 0.3) is 8.48 Å². The summed E-state index contributed by atoms with van der Waals surface area (Å²) in [5.41, 5.74) is 1.41. The third-order valence-electron chi connectivity index (χ3n) is 3.66. The minimum absolute atomic E-state index is 0.0675. The van der Waals surface area contributed by atoms with Gasteiger partial charge in [0, 0.05) is 3.58 Å². The van der Waals surface area contributed by atoms with E-state index >= 15 is 0 Å². The second kappa shape index (κ2) is 7.49. The van der Waals surface area contributed by atoms with Gasteiger partial charge in [0.15, 0.2) is 0 Å². The lowest BCUT2D eigenvalue weighted by Gasteiger charge is -2.13. The molecule has 0 heterocycles. The SMILES string of the molecule is O=S(=O)(/C(=C(/I)c1ccccc1)c1ccccc1)c1ccc(F)cc1. The highest BCUT2D eigenvalue weighted by Crippen LogP contribution is 2.38. The van der Waals surface area contributed by atoms with Gasteiger partial charge < -0.3 is 0 Å². The lowest BCUT2D eigenvalue weighted by Crippen LogP contribution is -2.06. The maximum absolute atomic E-state index is 13.3. The summed E-state index contributed by atoms with van der Waals surface area (Å²) in [7, 11) is -3.81. The quantitative estimate of drug-likeness (QED) is 0.288. The Kier molecular flexibility index (Phi) is 5.34.